The highest BCUT2D eigenvalue weighted by Gasteiger charge is 2.30. The van der Waals surface area contributed by atoms with Crippen LogP contribution in [0.4, 0.5) is 0 Å². The van der Waals surface area contributed by atoms with E-state index >= 15 is 0 Å². The second-order valence-corrected chi connectivity index (χ2v) is 5.77. The van der Waals surface area contributed by atoms with Crippen molar-refractivity contribution in [3.8, 4) is 0 Å². The number of piperidine rings is 1. The van der Waals surface area contributed by atoms with Gasteiger partial charge < -0.3 is 15.1 Å². The maximum atomic E-state index is 12.2. The predicted octanol–water partition coefficient (Wildman–Crippen LogP) is 2.17. The van der Waals surface area contributed by atoms with Gasteiger partial charge in [-0.05, 0) is 53.9 Å². The Bertz CT molecular complexity index is 538. The number of furan rings is 1. The first-order chi connectivity index (χ1) is 9.47. The fourth-order valence-electron chi connectivity index (χ4n) is 2.31. The van der Waals surface area contributed by atoms with Crippen molar-refractivity contribution in [2.45, 2.75) is 25.8 Å². The van der Waals surface area contributed by atoms with Gasteiger partial charge in [0.25, 0.3) is 0 Å². The zero-order valence-corrected chi connectivity index (χ0v) is 12.8. The molecular weight excluding hydrogens is 324 g/mol. The summed E-state index contributed by atoms with van der Waals surface area (Å²) in [6, 6.07) is 3.64. The minimum atomic E-state index is -0.339. The summed E-state index contributed by atoms with van der Waals surface area (Å²) in [5, 5.41) is 0. The molecule has 6 heteroatoms. The molecule has 2 N–H and O–H groups in total. The van der Waals surface area contributed by atoms with Gasteiger partial charge in [-0.15, -0.1) is 0 Å². The van der Waals surface area contributed by atoms with Gasteiger partial charge in [-0.1, -0.05) is 0 Å². The molecule has 0 aliphatic carbocycles. The second kappa shape index (κ2) is 6.26. The number of carbonyl (C=O) groups is 2. The quantitative estimate of drug-likeness (QED) is 0.856. The van der Waals surface area contributed by atoms with E-state index in [0.717, 1.165) is 12.8 Å². The monoisotopic (exact) mass is 340 g/mol. The van der Waals surface area contributed by atoms with Gasteiger partial charge in [0.1, 0.15) is 5.76 Å². The molecule has 1 fully saturated rings. The van der Waals surface area contributed by atoms with Crippen molar-refractivity contribution in [3.63, 3.8) is 0 Å². The topological polar surface area (TPSA) is 76.5 Å². The highest BCUT2D eigenvalue weighted by atomic mass is 79.9. The van der Waals surface area contributed by atoms with Crippen molar-refractivity contribution in [3.05, 3.63) is 28.6 Å². The van der Waals surface area contributed by atoms with E-state index in [4.69, 9.17) is 10.2 Å². The average molecular weight is 341 g/mol. The minimum Gasteiger partial charge on any atom is -0.450 e. The molecule has 2 heterocycles. The largest absolute Gasteiger partial charge is 0.450 e. The van der Waals surface area contributed by atoms with E-state index in [9.17, 15) is 9.59 Å². The zero-order valence-electron chi connectivity index (χ0n) is 11.2. The lowest BCUT2D eigenvalue weighted by atomic mass is 9.93. The van der Waals surface area contributed by atoms with E-state index in [2.05, 4.69) is 15.9 Å². The molecule has 1 aromatic rings. The number of nitrogens with two attached hydrogens (primary N) is 1. The summed E-state index contributed by atoms with van der Waals surface area (Å²) in [6.07, 6.45) is 4.62. The van der Waals surface area contributed by atoms with Gasteiger partial charge in [-0.25, -0.2) is 0 Å². The van der Waals surface area contributed by atoms with Crippen LogP contribution in [0, 0.1) is 5.92 Å². The van der Waals surface area contributed by atoms with Crippen molar-refractivity contribution in [2.24, 2.45) is 11.7 Å². The molecule has 0 bridgehead atoms. The molecule has 2 amide bonds. The van der Waals surface area contributed by atoms with Crippen molar-refractivity contribution in [1.29, 1.82) is 0 Å². The first-order valence-corrected chi connectivity index (χ1v) is 7.30. The lowest BCUT2D eigenvalue weighted by molar-refractivity contribution is -0.133. The van der Waals surface area contributed by atoms with Crippen molar-refractivity contribution in [1.82, 2.24) is 4.90 Å². The summed E-state index contributed by atoms with van der Waals surface area (Å²) in [6.45, 7) is 2.37. The molecule has 20 heavy (non-hydrogen) atoms. The molecule has 2 unspecified atom stereocenters. The molecule has 5 nitrogen and oxygen atoms in total. The van der Waals surface area contributed by atoms with E-state index in [-0.39, 0.29) is 23.8 Å². The van der Waals surface area contributed by atoms with E-state index in [1.165, 1.54) is 6.08 Å². The Balaban J connectivity index is 2.03. The van der Waals surface area contributed by atoms with Crippen molar-refractivity contribution >= 4 is 33.8 Å². The lowest BCUT2D eigenvalue weighted by Gasteiger charge is -2.36. The van der Waals surface area contributed by atoms with E-state index in [1.807, 2.05) is 6.92 Å². The van der Waals surface area contributed by atoms with Crippen LogP contribution in [0.25, 0.3) is 6.08 Å². The van der Waals surface area contributed by atoms with Crippen molar-refractivity contribution in [2.75, 3.05) is 6.54 Å². The van der Waals surface area contributed by atoms with Gasteiger partial charge in [-0.2, -0.15) is 0 Å². The fraction of sp³-hybridized carbons (Fsp3) is 0.429. The minimum absolute atomic E-state index is 0.117. The third kappa shape index (κ3) is 3.50. The molecular formula is C14H17BrN2O3. The number of hydrogen-bond acceptors (Lipinski definition) is 3. The smallest absolute Gasteiger partial charge is 0.246 e. The first kappa shape index (κ1) is 14.8. The average Bonchev–Trinajstić information content (AvgIpc) is 2.82. The third-order valence-electron chi connectivity index (χ3n) is 3.55. The number of halogens is 1. The maximum absolute atomic E-state index is 12.2. The van der Waals surface area contributed by atoms with E-state index < -0.39 is 0 Å². The number of primary amides is 1. The fourth-order valence-corrected chi connectivity index (χ4v) is 2.63. The molecule has 108 valence electrons. The molecule has 1 aliphatic heterocycles. The highest BCUT2D eigenvalue weighted by molar-refractivity contribution is 9.10. The van der Waals surface area contributed by atoms with Gasteiger partial charge in [0.05, 0.1) is 5.92 Å². The normalized spacial score (nSPS) is 23.2. The third-order valence-corrected chi connectivity index (χ3v) is 3.98. The van der Waals surface area contributed by atoms with Crippen LogP contribution in [0.5, 0.6) is 0 Å². The molecule has 2 rings (SSSR count). The number of carbonyl (C=O) groups excluding carboxylic acids is 2. The first-order valence-electron chi connectivity index (χ1n) is 6.50. The summed E-state index contributed by atoms with van der Waals surface area (Å²) in [5.74, 6) is -0.118. The molecule has 0 radical (unpaired) electrons. The highest BCUT2D eigenvalue weighted by Crippen LogP contribution is 2.22. The number of nitrogens with zero attached hydrogens (tertiary/aromatic N) is 1. The Morgan fingerprint density at radius 3 is 2.80 bits per heavy atom. The van der Waals surface area contributed by atoms with Gasteiger partial charge in [0.2, 0.25) is 11.8 Å². The lowest BCUT2D eigenvalue weighted by Crippen LogP contribution is -2.48. The van der Waals surface area contributed by atoms with Crippen LogP contribution in [0.15, 0.2) is 27.3 Å². The van der Waals surface area contributed by atoms with Gasteiger partial charge in [0, 0.05) is 18.7 Å². The number of hydrogen-bond donors (Lipinski definition) is 1. The number of amides is 2. The van der Waals surface area contributed by atoms with Gasteiger partial charge >= 0.3 is 0 Å². The SMILES string of the molecule is CC1CCC(C(N)=O)CN1C(=O)/C=C/c1ccc(Br)o1. The number of likely N-dealkylation sites (tertiary alicyclic amines) is 1. The molecule has 1 saturated heterocycles. The maximum Gasteiger partial charge on any atom is 0.246 e. The Morgan fingerprint density at radius 2 is 2.20 bits per heavy atom. The molecule has 1 aliphatic rings. The molecule has 1 aromatic heterocycles. The molecule has 0 spiro atoms. The Hall–Kier alpha value is -1.56. The molecule has 0 aromatic carbocycles. The number of rotatable bonds is 3. The van der Waals surface area contributed by atoms with Crippen LogP contribution in [-0.2, 0) is 9.59 Å². The Labute approximate surface area is 125 Å². The predicted molar refractivity (Wildman–Crippen MR) is 78.5 cm³/mol. The Morgan fingerprint density at radius 1 is 1.45 bits per heavy atom. The van der Waals surface area contributed by atoms with Crippen LogP contribution < -0.4 is 5.73 Å². The van der Waals surface area contributed by atoms with E-state index in [0.29, 0.717) is 17.0 Å². The van der Waals surface area contributed by atoms with Crippen LogP contribution in [0.1, 0.15) is 25.5 Å². The summed E-state index contributed by atoms with van der Waals surface area (Å²) < 4.78 is 5.91. The molecule has 0 saturated carbocycles. The summed E-state index contributed by atoms with van der Waals surface area (Å²) in [4.78, 5) is 25.1. The standard InChI is InChI=1S/C14H17BrN2O3/c1-9-2-3-10(14(16)19)8-17(9)13(18)7-5-11-4-6-12(15)20-11/h4-7,9-10H,2-3,8H2,1H3,(H2,16,19)/b7-5+. The van der Waals surface area contributed by atoms with Crippen LogP contribution in [-0.4, -0.2) is 29.3 Å². The van der Waals surface area contributed by atoms with Crippen LogP contribution in [0.3, 0.4) is 0 Å². The van der Waals surface area contributed by atoms with Crippen LogP contribution >= 0.6 is 15.9 Å². The van der Waals surface area contributed by atoms with Gasteiger partial charge in [-0.3, -0.25) is 9.59 Å². The Kier molecular flexibility index (Phi) is 4.65. The molecule has 2 atom stereocenters. The van der Waals surface area contributed by atoms with E-state index in [1.54, 1.807) is 23.1 Å². The summed E-state index contributed by atoms with van der Waals surface area (Å²) in [5.41, 5.74) is 5.33. The zero-order chi connectivity index (χ0) is 14.7. The van der Waals surface area contributed by atoms with Gasteiger partial charge in [0.15, 0.2) is 4.67 Å². The van der Waals surface area contributed by atoms with Crippen LogP contribution in [0.2, 0.25) is 0 Å². The van der Waals surface area contributed by atoms with Crippen molar-refractivity contribution < 1.29 is 14.0 Å². The summed E-state index contributed by atoms with van der Waals surface area (Å²) in [7, 11) is 0. The second-order valence-electron chi connectivity index (χ2n) is 4.99. The summed E-state index contributed by atoms with van der Waals surface area (Å²) >= 11 is 3.20.